The Morgan fingerprint density at radius 3 is 1.88 bits per heavy atom. The number of amides is 2. The molecule has 0 spiro atoms. The summed E-state index contributed by atoms with van der Waals surface area (Å²) < 4.78 is 0. The molecule has 0 unspecified atom stereocenters. The molecule has 4 nitrogen and oxygen atoms in total. The van der Waals surface area contributed by atoms with Gasteiger partial charge >= 0.3 is 6.03 Å². The monoisotopic (exact) mass is 451 g/mol. The lowest BCUT2D eigenvalue weighted by Gasteiger charge is -2.10. The molecule has 0 saturated carbocycles. The number of hydrogen-bond donors (Lipinski definition) is 3. The van der Waals surface area contributed by atoms with Crippen LogP contribution in [0, 0.1) is 0 Å². The minimum Gasteiger partial charge on any atom is -0.316 e. The minimum atomic E-state index is -0.231. The van der Waals surface area contributed by atoms with Gasteiger partial charge in [-0.1, -0.05) is 68.4 Å². The van der Waals surface area contributed by atoms with E-state index in [1.807, 2.05) is 36.4 Å². The molecule has 0 fully saturated rings. The van der Waals surface area contributed by atoms with Gasteiger partial charge in [-0.15, -0.1) is 12.4 Å². The van der Waals surface area contributed by atoms with Gasteiger partial charge in [0.15, 0.2) is 0 Å². The molecule has 0 aliphatic rings. The molecule has 170 valence electrons. The predicted molar refractivity (Wildman–Crippen MR) is 138 cm³/mol. The van der Waals surface area contributed by atoms with Gasteiger partial charge in [-0.3, -0.25) is 0 Å². The standard InChI is InChI=1S/C27H33N3O.ClH/c1-21(2)24-12-16-26(17-13-24)30-27(31)29-25-14-10-23(11-15-25)18-20-28-19-6-9-22-7-4-3-5-8-22;/h3-5,7-8,10-17,21,28H,6,9,18-20H2,1-2H3,(H2,29,30,31);1H. The summed E-state index contributed by atoms with van der Waals surface area (Å²) in [5.74, 6) is 0.478. The van der Waals surface area contributed by atoms with Crippen molar-refractivity contribution in [2.45, 2.75) is 39.0 Å². The lowest BCUT2D eigenvalue weighted by Crippen LogP contribution is -2.20. The van der Waals surface area contributed by atoms with Crippen molar-refractivity contribution < 1.29 is 4.79 Å². The molecule has 3 aromatic rings. The van der Waals surface area contributed by atoms with Gasteiger partial charge in [-0.2, -0.15) is 0 Å². The smallest absolute Gasteiger partial charge is 0.316 e. The summed E-state index contributed by atoms with van der Waals surface area (Å²) in [5.41, 5.74) is 5.48. The fourth-order valence-electron chi connectivity index (χ4n) is 3.42. The van der Waals surface area contributed by atoms with Crippen LogP contribution < -0.4 is 16.0 Å². The molecule has 32 heavy (non-hydrogen) atoms. The van der Waals surface area contributed by atoms with E-state index in [0.717, 1.165) is 43.7 Å². The number of anilines is 2. The molecule has 0 aromatic heterocycles. The topological polar surface area (TPSA) is 53.2 Å². The molecular weight excluding hydrogens is 418 g/mol. The van der Waals surface area contributed by atoms with Crippen LogP contribution in [0.3, 0.4) is 0 Å². The van der Waals surface area contributed by atoms with Crippen LogP contribution >= 0.6 is 12.4 Å². The molecule has 0 saturated heterocycles. The summed E-state index contributed by atoms with van der Waals surface area (Å²) in [4.78, 5) is 12.2. The summed E-state index contributed by atoms with van der Waals surface area (Å²) in [6, 6.07) is 26.4. The zero-order valence-electron chi connectivity index (χ0n) is 18.9. The maximum atomic E-state index is 12.2. The van der Waals surface area contributed by atoms with E-state index >= 15 is 0 Å². The fourth-order valence-corrected chi connectivity index (χ4v) is 3.42. The normalized spacial score (nSPS) is 10.5. The van der Waals surface area contributed by atoms with Crippen molar-refractivity contribution in [3.05, 3.63) is 95.6 Å². The Morgan fingerprint density at radius 1 is 0.719 bits per heavy atom. The third-order valence-corrected chi connectivity index (χ3v) is 5.30. The van der Waals surface area contributed by atoms with Crippen molar-refractivity contribution in [1.29, 1.82) is 0 Å². The molecule has 3 aromatic carbocycles. The van der Waals surface area contributed by atoms with E-state index in [-0.39, 0.29) is 18.4 Å². The van der Waals surface area contributed by atoms with Gasteiger partial charge < -0.3 is 16.0 Å². The Morgan fingerprint density at radius 2 is 1.28 bits per heavy atom. The molecule has 0 aliphatic heterocycles. The van der Waals surface area contributed by atoms with Crippen molar-refractivity contribution in [1.82, 2.24) is 5.32 Å². The third-order valence-electron chi connectivity index (χ3n) is 5.30. The first-order valence-electron chi connectivity index (χ1n) is 11.1. The van der Waals surface area contributed by atoms with E-state index in [4.69, 9.17) is 0 Å². The van der Waals surface area contributed by atoms with Crippen molar-refractivity contribution >= 4 is 29.8 Å². The molecule has 3 N–H and O–H groups in total. The lowest BCUT2D eigenvalue weighted by molar-refractivity contribution is 0.262. The molecule has 3 rings (SSSR count). The maximum Gasteiger partial charge on any atom is 0.323 e. The number of hydrogen-bond acceptors (Lipinski definition) is 2. The van der Waals surface area contributed by atoms with E-state index in [9.17, 15) is 4.79 Å². The Hall–Kier alpha value is -2.82. The highest BCUT2D eigenvalue weighted by molar-refractivity contribution is 5.99. The van der Waals surface area contributed by atoms with Crippen LogP contribution in [0.25, 0.3) is 0 Å². The lowest BCUT2D eigenvalue weighted by atomic mass is 10.0. The largest absolute Gasteiger partial charge is 0.323 e. The number of carbonyl (C=O) groups excluding carboxylic acids is 1. The zero-order valence-corrected chi connectivity index (χ0v) is 19.8. The van der Waals surface area contributed by atoms with Crippen molar-refractivity contribution in [2.75, 3.05) is 23.7 Å². The van der Waals surface area contributed by atoms with Gasteiger partial charge in [0, 0.05) is 11.4 Å². The summed E-state index contributed by atoms with van der Waals surface area (Å²) in [7, 11) is 0. The molecular formula is C27H34ClN3O. The van der Waals surface area contributed by atoms with Gasteiger partial charge in [0.05, 0.1) is 0 Å². The highest BCUT2D eigenvalue weighted by Crippen LogP contribution is 2.17. The van der Waals surface area contributed by atoms with Crippen LogP contribution in [0.2, 0.25) is 0 Å². The summed E-state index contributed by atoms with van der Waals surface area (Å²) >= 11 is 0. The molecule has 0 radical (unpaired) electrons. The Kier molecular flexibility index (Phi) is 10.8. The first-order chi connectivity index (χ1) is 15.1. The average molecular weight is 452 g/mol. The second-order valence-corrected chi connectivity index (χ2v) is 8.14. The maximum absolute atomic E-state index is 12.2. The highest BCUT2D eigenvalue weighted by atomic mass is 35.5. The zero-order chi connectivity index (χ0) is 21.9. The number of carbonyl (C=O) groups is 1. The van der Waals surface area contributed by atoms with Gasteiger partial charge in [-0.25, -0.2) is 4.79 Å². The average Bonchev–Trinajstić information content (AvgIpc) is 2.78. The molecule has 2 amide bonds. The van der Waals surface area contributed by atoms with Crippen molar-refractivity contribution in [3.8, 4) is 0 Å². The first kappa shape index (κ1) is 25.4. The van der Waals surface area contributed by atoms with Crippen molar-refractivity contribution in [3.63, 3.8) is 0 Å². The second-order valence-electron chi connectivity index (χ2n) is 8.14. The van der Waals surface area contributed by atoms with E-state index in [1.54, 1.807) is 0 Å². The molecule has 0 atom stereocenters. The minimum absolute atomic E-state index is 0. The quantitative estimate of drug-likeness (QED) is 0.302. The Balaban J connectivity index is 0.00000363. The summed E-state index contributed by atoms with van der Waals surface area (Å²) in [6.07, 6.45) is 3.22. The molecule has 0 bridgehead atoms. The summed E-state index contributed by atoms with van der Waals surface area (Å²) in [6.45, 7) is 6.28. The second kappa shape index (κ2) is 13.6. The van der Waals surface area contributed by atoms with Crippen LogP contribution in [-0.2, 0) is 12.8 Å². The van der Waals surface area contributed by atoms with Crippen LogP contribution in [0.5, 0.6) is 0 Å². The van der Waals surface area contributed by atoms with E-state index < -0.39 is 0 Å². The number of aryl methyl sites for hydroxylation is 1. The van der Waals surface area contributed by atoms with Crippen LogP contribution in [-0.4, -0.2) is 19.1 Å². The molecule has 0 heterocycles. The Labute approximate surface area is 198 Å². The predicted octanol–water partition coefficient (Wildman–Crippen LogP) is 6.64. The number of nitrogens with one attached hydrogen (secondary N) is 3. The van der Waals surface area contributed by atoms with E-state index in [2.05, 4.69) is 72.3 Å². The van der Waals surface area contributed by atoms with Gasteiger partial charge in [-0.05, 0) is 79.2 Å². The fraction of sp³-hybridized carbons (Fsp3) is 0.296. The van der Waals surface area contributed by atoms with E-state index in [1.165, 1.54) is 16.7 Å². The van der Waals surface area contributed by atoms with Gasteiger partial charge in [0.1, 0.15) is 0 Å². The number of benzene rings is 3. The van der Waals surface area contributed by atoms with Crippen molar-refractivity contribution in [2.24, 2.45) is 0 Å². The number of rotatable bonds is 10. The SMILES string of the molecule is CC(C)c1ccc(NC(=O)Nc2ccc(CCNCCCc3ccccc3)cc2)cc1.Cl. The molecule has 5 heteroatoms. The number of halogens is 1. The van der Waals surface area contributed by atoms with Crippen LogP contribution in [0.15, 0.2) is 78.9 Å². The van der Waals surface area contributed by atoms with Gasteiger partial charge in [0.2, 0.25) is 0 Å². The Bertz CT molecular complexity index is 925. The van der Waals surface area contributed by atoms with Crippen LogP contribution in [0.1, 0.15) is 42.9 Å². The highest BCUT2D eigenvalue weighted by Gasteiger charge is 2.04. The van der Waals surface area contributed by atoms with Gasteiger partial charge in [0.25, 0.3) is 0 Å². The summed E-state index contributed by atoms with van der Waals surface area (Å²) in [5, 5.41) is 9.27. The first-order valence-corrected chi connectivity index (χ1v) is 11.1. The molecule has 0 aliphatic carbocycles. The number of urea groups is 1. The third kappa shape index (κ3) is 8.74. The van der Waals surface area contributed by atoms with Crippen LogP contribution in [0.4, 0.5) is 16.2 Å². The van der Waals surface area contributed by atoms with E-state index in [0.29, 0.717) is 5.92 Å².